The van der Waals surface area contributed by atoms with Crippen molar-refractivity contribution >= 4 is 35.6 Å². The maximum atomic E-state index is 5.72. The third-order valence-electron chi connectivity index (χ3n) is 3.54. The van der Waals surface area contributed by atoms with Crippen LogP contribution in [0.1, 0.15) is 26.7 Å². The fourth-order valence-electron chi connectivity index (χ4n) is 2.33. The average Bonchev–Trinajstić information content (AvgIpc) is 2.87. The topological polar surface area (TPSA) is 64.1 Å². The van der Waals surface area contributed by atoms with E-state index >= 15 is 0 Å². The van der Waals surface area contributed by atoms with Crippen molar-refractivity contribution in [1.82, 2.24) is 5.32 Å². The number of rotatable bonds is 8. The number of fused-ring (bicyclic) bond motifs is 1. The summed E-state index contributed by atoms with van der Waals surface area (Å²) < 4.78 is 17.0. The van der Waals surface area contributed by atoms with Crippen molar-refractivity contribution in [3.8, 4) is 23.8 Å². The van der Waals surface area contributed by atoms with Gasteiger partial charge in [-0.25, -0.2) is 0 Å². The first kappa shape index (κ1) is 23.4. The summed E-state index contributed by atoms with van der Waals surface area (Å²) in [6.07, 6.45) is 7.09. The Morgan fingerprint density at radius 2 is 2.07 bits per heavy atom. The predicted molar refractivity (Wildman–Crippen MR) is 120 cm³/mol. The van der Waals surface area contributed by atoms with Gasteiger partial charge in [-0.15, -0.1) is 30.4 Å². The van der Waals surface area contributed by atoms with E-state index in [1.165, 1.54) is 0 Å². The maximum absolute atomic E-state index is 5.72. The quantitative estimate of drug-likeness (QED) is 0.193. The molecule has 0 amide bonds. The maximum Gasteiger partial charge on any atom is 0.196 e. The molecule has 0 bridgehead atoms. The van der Waals surface area contributed by atoms with Gasteiger partial charge in [-0.1, -0.05) is 19.8 Å². The molecule has 0 unspecified atom stereocenters. The van der Waals surface area contributed by atoms with Gasteiger partial charge < -0.3 is 24.8 Å². The number of hydrogen-bond donors (Lipinski definition) is 2. The molecule has 150 valence electrons. The lowest BCUT2D eigenvalue weighted by molar-refractivity contribution is 0.109. The van der Waals surface area contributed by atoms with Crippen LogP contribution in [0.25, 0.3) is 0 Å². The van der Waals surface area contributed by atoms with E-state index < -0.39 is 0 Å². The van der Waals surface area contributed by atoms with E-state index in [-0.39, 0.29) is 24.0 Å². The van der Waals surface area contributed by atoms with Gasteiger partial charge in [0.05, 0.1) is 19.8 Å². The zero-order chi connectivity index (χ0) is 18.6. The number of hydrogen-bond acceptors (Lipinski definition) is 4. The number of benzene rings is 1. The number of aliphatic imine (C=N–C) groups is 1. The van der Waals surface area contributed by atoms with Crippen molar-refractivity contribution in [3.63, 3.8) is 0 Å². The Morgan fingerprint density at radius 3 is 2.81 bits per heavy atom. The molecule has 0 spiro atoms. The standard InChI is InChI=1S/C20H29N3O3.HI/c1-4-9-21-20(22-10-5-11-24-15-16(2)3)23-17-7-8-18-19(14-17)26-13-6-12-25-18;/h1,7-8,14,16H,5-6,9-13,15H2,2-3H3,(H2,21,22,23);1H. The second-order valence-electron chi connectivity index (χ2n) is 6.45. The Labute approximate surface area is 179 Å². The van der Waals surface area contributed by atoms with Gasteiger partial charge in [0, 0.05) is 37.9 Å². The van der Waals surface area contributed by atoms with Gasteiger partial charge in [0.25, 0.3) is 0 Å². The van der Waals surface area contributed by atoms with Crippen molar-refractivity contribution < 1.29 is 14.2 Å². The monoisotopic (exact) mass is 487 g/mol. The Hall–Kier alpha value is -1.66. The van der Waals surface area contributed by atoms with Crippen LogP contribution in [0, 0.1) is 18.3 Å². The molecule has 0 saturated carbocycles. The summed E-state index contributed by atoms with van der Waals surface area (Å²) in [5.74, 6) is 5.26. The van der Waals surface area contributed by atoms with Crippen molar-refractivity contribution in [2.75, 3.05) is 44.8 Å². The lowest BCUT2D eigenvalue weighted by Gasteiger charge is -2.13. The molecular weight excluding hydrogens is 457 g/mol. The molecule has 0 aliphatic carbocycles. The number of halogens is 1. The van der Waals surface area contributed by atoms with Gasteiger partial charge in [-0.2, -0.15) is 0 Å². The Bertz CT molecular complexity index is 629. The second-order valence-corrected chi connectivity index (χ2v) is 6.45. The molecule has 27 heavy (non-hydrogen) atoms. The molecule has 2 rings (SSSR count). The van der Waals surface area contributed by atoms with Crippen LogP contribution in [0.5, 0.6) is 11.5 Å². The molecule has 0 aromatic heterocycles. The number of anilines is 1. The summed E-state index contributed by atoms with van der Waals surface area (Å²) in [7, 11) is 0. The van der Waals surface area contributed by atoms with E-state index in [2.05, 4.69) is 35.4 Å². The van der Waals surface area contributed by atoms with Gasteiger partial charge >= 0.3 is 0 Å². The zero-order valence-corrected chi connectivity index (χ0v) is 18.5. The smallest absolute Gasteiger partial charge is 0.196 e. The molecule has 6 nitrogen and oxygen atoms in total. The first-order valence-electron chi connectivity index (χ1n) is 9.15. The predicted octanol–water partition coefficient (Wildman–Crippen LogP) is 3.52. The highest BCUT2D eigenvalue weighted by molar-refractivity contribution is 14.0. The van der Waals surface area contributed by atoms with Crippen LogP contribution in [0.15, 0.2) is 23.2 Å². The normalized spacial score (nSPS) is 13.3. The van der Waals surface area contributed by atoms with Gasteiger partial charge in [-0.3, -0.25) is 4.99 Å². The number of nitrogens with one attached hydrogen (secondary N) is 2. The largest absolute Gasteiger partial charge is 0.490 e. The molecule has 1 aliphatic rings. The van der Waals surface area contributed by atoms with E-state index in [0.29, 0.717) is 44.8 Å². The molecule has 1 aliphatic heterocycles. The average molecular weight is 487 g/mol. The minimum absolute atomic E-state index is 0. The van der Waals surface area contributed by atoms with Crippen LogP contribution in [-0.2, 0) is 4.74 Å². The Morgan fingerprint density at radius 1 is 1.30 bits per heavy atom. The van der Waals surface area contributed by atoms with Gasteiger partial charge in [0.15, 0.2) is 17.5 Å². The summed E-state index contributed by atoms with van der Waals surface area (Å²) in [6.45, 7) is 8.15. The zero-order valence-electron chi connectivity index (χ0n) is 16.1. The molecule has 1 aromatic rings. The van der Waals surface area contributed by atoms with Crippen LogP contribution in [0.3, 0.4) is 0 Å². The van der Waals surface area contributed by atoms with E-state index in [9.17, 15) is 0 Å². The fraction of sp³-hybridized carbons (Fsp3) is 0.550. The number of ether oxygens (including phenoxy) is 3. The van der Waals surface area contributed by atoms with Crippen LogP contribution < -0.4 is 20.1 Å². The molecule has 7 heteroatoms. The van der Waals surface area contributed by atoms with Crippen molar-refractivity contribution in [3.05, 3.63) is 18.2 Å². The van der Waals surface area contributed by atoms with Crippen LogP contribution in [0.2, 0.25) is 0 Å². The molecule has 0 saturated heterocycles. The minimum Gasteiger partial charge on any atom is -0.490 e. The first-order valence-corrected chi connectivity index (χ1v) is 9.15. The van der Waals surface area contributed by atoms with E-state index in [0.717, 1.165) is 36.6 Å². The van der Waals surface area contributed by atoms with Crippen LogP contribution in [-0.4, -0.2) is 45.5 Å². The molecule has 0 radical (unpaired) electrons. The minimum atomic E-state index is 0. The van der Waals surface area contributed by atoms with E-state index in [4.69, 9.17) is 20.6 Å². The lowest BCUT2D eigenvalue weighted by Crippen LogP contribution is -2.31. The first-order chi connectivity index (χ1) is 12.7. The second kappa shape index (κ2) is 13.5. The van der Waals surface area contributed by atoms with Crippen molar-refractivity contribution in [1.29, 1.82) is 0 Å². The highest BCUT2D eigenvalue weighted by Gasteiger charge is 2.11. The van der Waals surface area contributed by atoms with Crippen LogP contribution >= 0.6 is 24.0 Å². The SMILES string of the molecule is C#CCNC(=NCCCOCC(C)C)Nc1ccc2c(c1)OCCCO2.I. The van der Waals surface area contributed by atoms with Gasteiger partial charge in [-0.05, 0) is 24.5 Å². The molecule has 1 heterocycles. The van der Waals surface area contributed by atoms with Crippen molar-refractivity contribution in [2.24, 2.45) is 10.9 Å². The number of guanidine groups is 1. The molecular formula is C20H30IN3O3. The molecule has 0 fully saturated rings. The van der Waals surface area contributed by atoms with Gasteiger partial charge in [0.1, 0.15) is 0 Å². The Balaban J connectivity index is 0.00000364. The van der Waals surface area contributed by atoms with Crippen LogP contribution in [0.4, 0.5) is 5.69 Å². The summed E-state index contributed by atoms with van der Waals surface area (Å²) in [5, 5.41) is 6.37. The fourth-order valence-corrected chi connectivity index (χ4v) is 2.33. The highest BCUT2D eigenvalue weighted by Crippen LogP contribution is 2.32. The van der Waals surface area contributed by atoms with Crippen molar-refractivity contribution in [2.45, 2.75) is 26.7 Å². The number of nitrogens with zero attached hydrogens (tertiary/aromatic N) is 1. The summed E-state index contributed by atoms with van der Waals surface area (Å²) in [4.78, 5) is 4.55. The molecule has 0 atom stereocenters. The highest BCUT2D eigenvalue weighted by atomic mass is 127. The van der Waals surface area contributed by atoms with Gasteiger partial charge in [0.2, 0.25) is 0 Å². The third kappa shape index (κ3) is 9.20. The molecule has 2 N–H and O–H groups in total. The summed E-state index contributed by atoms with van der Waals surface area (Å²) in [5.41, 5.74) is 0.869. The Kier molecular flexibility index (Phi) is 11.7. The van der Waals surface area contributed by atoms with E-state index in [1.807, 2.05) is 18.2 Å². The third-order valence-corrected chi connectivity index (χ3v) is 3.54. The summed E-state index contributed by atoms with van der Waals surface area (Å²) in [6, 6.07) is 5.76. The molecule has 1 aromatic carbocycles. The number of terminal acetylenes is 1. The lowest BCUT2D eigenvalue weighted by atomic mass is 10.2. The van der Waals surface area contributed by atoms with E-state index in [1.54, 1.807) is 0 Å². The summed E-state index contributed by atoms with van der Waals surface area (Å²) >= 11 is 0.